The van der Waals surface area contributed by atoms with Crippen molar-refractivity contribution in [3.63, 3.8) is 0 Å². The highest BCUT2D eigenvalue weighted by molar-refractivity contribution is 5.54. The lowest BCUT2D eigenvalue weighted by molar-refractivity contribution is 0.517. The van der Waals surface area contributed by atoms with Gasteiger partial charge >= 0.3 is 0 Å². The minimum atomic E-state index is 0.0647. The van der Waals surface area contributed by atoms with Crippen LogP contribution in [0, 0.1) is 5.92 Å². The molecule has 1 atom stereocenters. The number of nitrogens with two attached hydrogens (primary N) is 1. The molecule has 1 unspecified atom stereocenters. The van der Waals surface area contributed by atoms with Crippen LogP contribution in [-0.2, 0) is 0 Å². The Hall–Kier alpha value is -1.35. The van der Waals surface area contributed by atoms with Crippen molar-refractivity contribution >= 4 is 5.52 Å². The van der Waals surface area contributed by atoms with Crippen LogP contribution in [0.3, 0.4) is 0 Å². The van der Waals surface area contributed by atoms with Gasteiger partial charge in [0, 0.05) is 17.8 Å². The van der Waals surface area contributed by atoms with Gasteiger partial charge in [0.2, 0.25) is 0 Å². The van der Waals surface area contributed by atoms with Crippen LogP contribution >= 0.6 is 0 Å². The molecule has 0 saturated heterocycles. The normalized spacial score (nSPS) is 13.7. The number of hydrogen-bond donors (Lipinski definition) is 1. The van der Waals surface area contributed by atoms with Crippen molar-refractivity contribution in [1.82, 2.24) is 9.61 Å². The highest BCUT2D eigenvalue weighted by Crippen LogP contribution is 2.22. The van der Waals surface area contributed by atoms with Crippen LogP contribution in [0.1, 0.15) is 25.5 Å². The van der Waals surface area contributed by atoms with Crippen molar-refractivity contribution < 1.29 is 0 Å². The third kappa shape index (κ3) is 1.40. The SMILES string of the molecule is CC(C)C(N)c1cnn2ccccc12. The van der Waals surface area contributed by atoms with Gasteiger partial charge in [0.1, 0.15) is 0 Å². The zero-order chi connectivity index (χ0) is 10.1. The Kier molecular flexibility index (Phi) is 2.25. The Morgan fingerprint density at radius 2 is 2.14 bits per heavy atom. The summed E-state index contributed by atoms with van der Waals surface area (Å²) in [5.41, 5.74) is 8.33. The Morgan fingerprint density at radius 1 is 1.36 bits per heavy atom. The molecule has 3 nitrogen and oxygen atoms in total. The van der Waals surface area contributed by atoms with Gasteiger partial charge in [-0.3, -0.25) is 0 Å². The first-order chi connectivity index (χ1) is 6.70. The average Bonchev–Trinajstić information content (AvgIpc) is 2.60. The van der Waals surface area contributed by atoms with Gasteiger partial charge < -0.3 is 5.73 Å². The van der Waals surface area contributed by atoms with E-state index in [1.807, 2.05) is 35.1 Å². The number of nitrogens with zero attached hydrogens (tertiary/aromatic N) is 2. The number of hydrogen-bond acceptors (Lipinski definition) is 2. The zero-order valence-electron chi connectivity index (χ0n) is 8.51. The van der Waals surface area contributed by atoms with Gasteiger partial charge in [-0.25, -0.2) is 4.52 Å². The summed E-state index contributed by atoms with van der Waals surface area (Å²) in [5, 5.41) is 4.26. The van der Waals surface area contributed by atoms with Gasteiger partial charge in [0.15, 0.2) is 0 Å². The van der Waals surface area contributed by atoms with Gasteiger partial charge in [-0.05, 0) is 18.1 Å². The second-order valence-electron chi connectivity index (χ2n) is 3.90. The number of pyridine rings is 1. The van der Waals surface area contributed by atoms with Crippen molar-refractivity contribution in [3.05, 3.63) is 36.2 Å². The maximum absolute atomic E-state index is 6.09. The van der Waals surface area contributed by atoms with Gasteiger partial charge in [-0.2, -0.15) is 5.10 Å². The number of fused-ring (bicyclic) bond motifs is 1. The van der Waals surface area contributed by atoms with E-state index < -0.39 is 0 Å². The maximum Gasteiger partial charge on any atom is 0.0709 e. The molecule has 0 aromatic carbocycles. The molecular weight excluding hydrogens is 174 g/mol. The molecule has 74 valence electrons. The fourth-order valence-electron chi connectivity index (χ4n) is 1.57. The van der Waals surface area contributed by atoms with E-state index in [1.165, 1.54) is 0 Å². The Balaban J connectivity index is 2.53. The largest absolute Gasteiger partial charge is 0.324 e. The first-order valence-corrected chi connectivity index (χ1v) is 4.88. The van der Waals surface area contributed by atoms with Crippen LogP contribution in [-0.4, -0.2) is 9.61 Å². The molecule has 0 aliphatic carbocycles. The van der Waals surface area contributed by atoms with Crippen LogP contribution in [0.5, 0.6) is 0 Å². The third-order valence-corrected chi connectivity index (χ3v) is 2.53. The minimum absolute atomic E-state index is 0.0647. The van der Waals surface area contributed by atoms with Crippen molar-refractivity contribution in [2.45, 2.75) is 19.9 Å². The molecular formula is C11H15N3. The van der Waals surface area contributed by atoms with Crippen LogP contribution in [0.2, 0.25) is 0 Å². The van der Waals surface area contributed by atoms with E-state index in [4.69, 9.17) is 5.73 Å². The highest BCUT2D eigenvalue weighted by Gasteiger charge is 2.14. The van der Waals surface area contributed by atoms with Gasteiger partial charge in [-0.15, -0.1) is 0 Å². The molecule has 2 N–H and O–H groups in total. The standard InChI is InChI=1S/C11H15N3/c1-8(2)11(12)9-7-13-14-6-4-3-5-10(9)14/h3-8,11H,12H2,1-2H3. The third-order valence-electron chi connectivity index (χ3n) is 2.53. The smallest absolute Gasteiger partial charge is 0.0709 e. The summed E-state index contributed by atoms with van der Waals surface area (Å²) in [7, 11) is 0. The number of rotatable bonds is 2. The fraction of sp³-hybridized carbons (Fsp3) is 0.364. The van der Waals surface area contributed by atoms with E-state index in [2.05, 4.69) is 18.9 Å². The van der Waals surface area contributed by atoms with E-state index in [1.54, 1.807) is 0 Å². The summed E-state index contributed by atoms with van der Waals surface area (Å²) in [4.78, 5) is 0. The lowest BCUT2D eigenvalue weighted by Gasteiger charge is -2.13. The van der Waals surface area contributed by atoms with Crippen molar-refractivity contribution in [2.24, 2.45) is 11.7 Å². The molecule has 2 heterocycles. The first-order valence-electron chi connectivity index (χ1n) is 4.88. The predicted octanol–water partition coefficient (Wildman–Crippen LogP) is 1.99. The predicted molar refractivity (Wildman–Crippen MR) is 57.0 cm³/mol. The summed E-state index contributed by atoms with van der Waals surface area (Å²) >= 11 is 0. The molecule has 0 saturated carbocycles. The Labute approximate surface area is 83.5 Å². The molecule has 0 aliphatic rings. The minimum Gasteiger partial charge on any atom is -0.324 e. The van der Waals surface area contributed by atoms with Crippen molar-refractivity contribution in [2.75, 3.05) is 0 Å². The molecule has 2 aromatic heterocycles. The van der Waals surface area contributed by atoms with E-state index in [0.29, 0.717) is 5.92 Å². The van der Waals surface area contributed by atoms with Gasteiger partial charge in [-0.1, -0.05) is 19.9 Å². The van der Waals surface area contributed by atoms with Gasteiger partial charge in [0.25, 0.3) is 0 Å². The molecule has 0 fully saturated rings. The fourth-order valence-corrected chi connectivity index (χ4v) is 1.57. The number of aromatic nitrogens is 2. The summed E-state index contributed by atoms with van der Waals surface area (Å²) in [6.45, 7) is 4.24. The molecule has 0 radical (unpaired) electrons. The van der Waals surface area contributed by atoms with Gasteiger partial charge in [0.05, 0.1) is 11.7 Å². The van der Waals surface area contributed by atoms with Crippen LogP contribution in [0.4, 0.5) is 0 Å². The van der Waals surface area contributed by atoms with E-state index >= 15 is 0 Å². The van der Waals surface area contributed by atoms with E-state index in [9.17, 15) is 0 Å². The lowest BCUT2D eigenvalue weighted by atomic mass is 9.98. The van der Waals surface area contributed by atoms with Crippen LogP contribution in [0.15, 0.2) is 30.6 Å². The Bertz CT molecular complexity index is 431. The molecule has 14 heavy (non-hydrogen) atoms. The maximum atomic E-state index is 6.09. The lowest BCUT2D eigenvalue weighted by Crippen LogP contribution is -2.16. The highest BCUT2D eigenvalue weighted by atomic mass is 15.2. The second kappa shape index (κ2) is 3.42. The van der Waals surface area contributed by atoms with Crippen LogP contribution < -0.4 is 5.73 Å². The van der Waals surface area contributed by atoms with E-state index in [0.717, 1.165) is 11.1 Å². The molecule has 0 spiro atoms. The summed E-state index contributed by atoms with van der Waals surface area (Å²) in [6.07, 6.45) is 3.80. The van der Waals surface area contributed by atoms with E-state index in [-0.39, 0.29) is 6.04 Å². The summed E-state index contributed by atoms with van der Waals surface area (Å²) < 4.78 is 1.86. The molecule has 2 aromatic rings. The van der Waals surface area contributed by atoms with Crippen molar-refractivity contribution in [3.8, 4) is 0 Å². The summed E-state index contributed by atoms with van der Waals surface area (Å²) in [6, 6.07) is 6.08. The quantitative estimate of drug-likeness (QED) is 0.785. The monoisotopic (exact) mass is 189 g/mol. The van der Waals surface area contributed by atoms with Crippen LogP contribution in [0.25, 0.3) is 5.52 Å². The molecule has 0 aliphatic heterocycles. The molecule has 0 bridgehead atoms. The topological polar surface area (TPSA) is 43.3 Å². The molecule has 0 amide bonds. The first kappa shape index (κ1) is 9.21. The Morgan fingerprint density at radius 3 is 2.86 bits per heavy atom. The second-order valence-corrected chi connectivity index (χ2v) is 3.90. The molecule has 2 rings (SSSR count). The summed E-state index contributed by atoms with van der Waals surface area (Å²) in [5.74, 6) is 0.434. The molecule has 3 heteroatoms. The average molecular weight is 189 g/mol. The van der Waals surface area contributed by atoms with Crippen molar-refractivity contribution in [1.29, 1.82) is 0 Å². The zero-order valence-corrected chi connectivity index (χ0v) is 8.51.